The summed E-state index contributed by atoms with van der Waals surface area (Å²) in [6.45, 7) is 10.5. The van der Waals surface area contributed by atoms with Crippen LogP contribution in [0.4, 0.5) is 10.5 Å². The van der Waals surface area contributed by atoms with Gasteiger partial charge < -0.3 is 43.7 Å². The molecule has 17 nitrogen and oxygen atoms in total. The summed E-state index contributed by atoms with van der Waals surface area (Å²) < 4.78 is 26.1. The smallest absolute Gasteiger partial charge is 0.409 e. The predicted molar refractivity (Wildman–Crippen MR) is 263 cm³/mol. The quantitative estimate of drug-likeness (QED) is 0.0628. The zero-order valence-corrected chi connectivity index (χ0v) is 42.4. The van der Waals surface area contributed by atoms with E-state index in [0.717, 1.165) is 33.3 Å². The third-order valence-corrected chi connectivity index (χ3v) is 14.4. The molecule has 4 bridgehead atoms. The number of rotatable bonds is 15. The molecule has 4 N–H and O–H groups in total. The summed E-state index contributed by atoms with van der Waals surface area (Å²) >= 11 is 6.83. The van der Waals surface area contributed by atoms with Crippen molar-refractivity contribution in [2.45, 2.75) is 134 Å². The number of fused-ring (bicyclic) bond motifs is 6. The highest BCUT2D eigenvalue weighted by Gasteiger charge is 2.64. The molecule has 376 valence electrons. The van der Waals surface area contributed by atoms with Crippen molar-refractivity contribution in [3.05, 3.63) is 88.1 Å². The van der Waals surface area contributed by atoms with Crippen molar-refractivity contribution >= 4 is 58.0 Å². The van der Waals surface area contributed by atoms with Crippen LogP contribution in [0.5, 0.6) is 0 Å². The molecular formula is C51H70ClN7O10. The van der Waals surface area contributed by atoms with E-state index in [4.69, 9.17) is 30.5 Å². The zero-order chi connectivity index (χ0) is 50.4. The van der Waals surface area contributed by atoms with E-state index in [-0.39, 0.29) is 31.1 Å². The second-order valence-electron chi connectivity index (χ2n) is 19.0. The number of benzene rings is 2. The van der Waals surface area contributed by atoms with E-state index in [2.05, 4.69) is 38.8 Å². The second-order valence-corrected chi connectivity index (χ2v) is 19.4. The first-order valence-corrected chi connectivity index (χ1v) is 24.1. The van der Waals surface area contributed by atoms with Crippen molar-refractivity contribution in [3.8, 4) is 0 Å². The summed E-state index contributed by atoms with van der Waals surface area (Å²) in [6.07, 6.45) is 2.44. The molecule has 69 heavy (non-hydrogen) atoms. The molecule has 4 amide bonds. The number of amides is 4. The van der Waals surface area contributed by atoms with Crippen LogP contribution >= 0.6 is 11.6 Å². The molecule has 0 aliphatic carbocycles. The summed E-state index contributed by atoms with van der Waals surface area (Å²) in [5.74, 6) is -2.07. The van der Waals surface area contributed by atoms with Gasteiger partial charge >= 0.3 is 12.1 Å². The van der Waals surface area contributed by atoms with Gasteiger partial charge in [0.05, 0.1) is 29.8 Å². The Morgan fingerprint density at radius 2 is 1.84 bits per heavy atom. The van der Waals surface area contributed by atoms with Crippen molar-refractivity contribution in [2.24, 2.45) is 5.92 Å². The molecule has 2 saturated heterocycles. The first-order chi connectivity index (χ1) is 32.7. The Bertz CT molecular complexity index is 2440. The van der Waals surface area contributed by atoms with Crippen LogP contribution in [-0.4, -0.2) is 133 Å². The number of anilines is 1. The molecular weight excluding hydrogens is 906 g/mol. The van der Waals surface area contributed by atoms with Gasteiger partial charge in [-0.2, -0.15) is 0 Å². The number of carbonyl (C=O) groups excluding carboxylic acids is 5. The number of likely N-dealkylation sites (N-methyl/N-ethyl adjacent to an activating group) is 1. The summed E-state index contributed by atoms with van der Waals surface area (Å²) in [5, 5.41) is 20.8. The van der Waals surface area contributed by atoms with Crippen LogP contribution in [0.3, 0.4) is 0 Å². The minimum absolute atomic E-state index is 0.0597. The van der Waals surface area contributed by atoms with Crippen LogP contribution in [-0.2, 0) is 57.6 Å². The first kappa shape index (κ1) is 53.1. The van der Waals surface area contributed by atoms with E-state index in [1.54, 1.807) is 40.0 Å². The van der Waals surface area contributed by atoms with Crippen molar-refractivity contribution in [1.82, 2.24) is 30.5 Å². The van der Waals surface area contributed by atoms with Crippen LogP contribution in [0.1, 0.15) is 83.0 Å². The molecule has 0 saturated carbocycles. The number of nitrogens with one attached hydrogen (secondary N) is 3. The number of para-hydroxylation sites is 1. The van der Waals surface area contributed by atoms with Gasteiger partial charge in [0.15, 0.2) is 5.72 Å². The summed E-state index contributed by atoms with van der Waals surface area (Å²) in [6, 6.07) is 13.0. The highest BCUT2D eigenvalue weighted by molar-refractivity contribution is 6.34. The Kier molecular flexibility index (Phi) is 17.4. The lowest BCUT2D eigenvalue weighted by molar-refractivity contribution is -0.162. The van der Waals surface area contributed by atoms with Gasteiger partial charge in [-0.3, -0.25) is 25.1 Å². The maximum Gasteiger partial charge on any atom is 0.409 e. The number of alkyl carbamates (subject to hydrolysis) is 1. The normalized spacial score (nSPS) is 26.8. The molecule has 0 spiro atoms. The molecule has 8 atom stereocenters. The third kappa shape index (κ3) is 12.5. The average Bonchev–Trinajstić information content (AvgIpc) is 3.89. The number of aryl methyl sites for hydroxylation is 2. The number of hydrogen-bond acceptors (Lipinski definition) is 12. The van der Waals surface area contributed by atoms with Crippen molar-refractivity contribution in [1.29, 1.82) is 0 Å². The number of esters is 1. The molecule has 0 radical (unpaired) electrons. The Morgan fingerprint density at radius 1 is 1.10 bits per heavy atom. The molecule has 2 fully saturated rings. The number of ether oxygens (including phenoxy) is 4. The number of hydrogen-bond donors (Lipinski definition) is 4. The number of unbranched alkanes of at least 4 members (excludes halogenated alkanes) is 1. The number of aromatic nitrogens is 1. The minimum atomic E-state index is -1.84. The first-order valence-electron chi connectivity index (χ1n) is 23.7. The molecule has 3 aromatic rings. The molecule has 6 rings (SSSR count). The molecule has 2 aromatic carbocycles. The van der Waals surface area contributed by atoms with E-state index in [9.17, 15) is 29.1 Å². The van der Waals surface area contributed by atoms with Gasteiger partial charge in [0.25, 0.3) is 0 Å². The van der Waals surface area contributed by atoms with E-state index in [1.165, 1.54) is 24.0 Å². The number of aliphatic hydroxyl groups is 1. The van der Waals surface area contributed by atoms with E-state index in [0.29, 0.717) is 56.0 Å². The van der Waals surface area contributed by atoms with Gasteiger partial charge in [-0.15, -0.1) is 0 Å². The SMILES string of the molecule is CNN(C)Cc1cc2ccccc2n1CCC(=O)NCCCCC(=O)N(C)[C@@H](C)C(=O)O[C@H]1CC(=O)N(C)c2cc(cc(C)c2Cl)C/C(C)=C/C=C/[C@@H](OC)[C@]2(O)C[C@H](OC(=O)N2)[C@@H](C)C2O[C@]21C. The Hall–Kier alpha value is -5.30. The maximum absolute atomic E-state index is 14.3. The molecule has 18 heteroatoms. The van der Waals surface area contributed by atoms with E-state index >= 15 is 0 Å². The number of hydrazine groups is 1. The minimum Gasteiger partial charge on any atom is -0.457 e. The van der Waals surface area contributed by atoms with Crippen molar-refractivity contribution in [2.75, 3.05) is 46.7 Å². The van der Waals surface area contributed by atoms with Crippen LogP contribution in [0.2, 0.25) is 5.02 Å². The monoisotopic (exact) mass is 975 g/mol. The van der Waals surface area contributed by atoms with Gasteiger partial charge in [0.2, 0.25) is 17.7 Å². The molecule has 4 heterocycles. The Balaban J connectivity index is 1.10. The van der Waals surface area contributed by atoms with Gasteiger partial charge in [-0.25, -0.2) is 14.6 Å². The van der Waals surface area contributed by atoms with Crippen molar-refractivity contribution < 1.29 is 48.0 Å². The fourth-order valence-electron chi connectivity index (χ4n) is 9.35. The van der Waals surface area contributed by atoms with Crippen LogP contribution in [0.25, 0.3) is 10.9 Å². The largest absolute Gasteiger partial charge is 0.457 e. The van der Waals surface area contributed by atoms with E-state index < -0.39 is 65.7 Å². The lowest BCUT2D eigenvalue weighted by Gasteiger charge is -2.42. The van der Waals surface area contributed by atoms with Gasteiger partial charge in [-0.05, 0) is 88.7 Å². The zero-order valence-electron chi connectivity index (χ0n) is 41.6. The third-order valence-electron chi connectivity index (χ3n) is 13.9. The van der Waals surface area contributed by atoms with Gasteiger partial charge in [0, 0.05) is 77.7 Å². The van der Waals surface area contributed by atoms with Gasteiger partial charge in [-0.1, -0.05) is 66.6 Å². The van der Waals surface area contributed by atoms with Crippen LogP contribution in [0, 0.1) is 12.8 Å². The maximum atomic E-state index is 14.3. The molecule has 3 aliphatic heterocycles. The fourth-order valence-corrected chi connectivity index (χ4v) is 9.58. The number of epoxide rings is 1. The summed E-state index contributed by atoms with van der Waals surface area (Å²) in [4.78, 5) is 70.5. The fraction of sp³-hybridized carbons (Fsp3) is 0.549. The van der Waals surface area contributed by atoms with Crippen LogP contribution < -0.4 is 21.0 Å². The number of allylic oxidation sites excluding steroid dienone is 3. The lowest BCUT2D eigenvalue weighted by atomic mass is 9.83. The number of carbonyl (C=O) groups is 5. The Labute approximate surface area is 410 Å². The molecule has 3 aliphatic rings. The second kappa shape index (κ2) is 22.6. The average molecular weight is 977 g/mol. The number of halogens is 1. The number of nitrogens with zero attached hydrogens (tertiary/aromatic N) is 4. The molecule has 1 unspecified atom stereocenters. The van der Waals surface area contributed by atoms with Gasteiger partial charge in [0.1, 0.15) is 30.0 Å². The van der Waals surface area contributed by atoms with E-state index in [1.807, 2.05) is 63.3 Å². The number of methoxy groups -OCH3 is 1. The Morgan fingerprint density at radius 3 is 2.57 bits per heavy atom. The summed E-state index contributed by atoms with van der Waals surface area (Å²) in [5.41, 5.74) is 5.32. The molecule has 1 aromatic heterocycles. The lowest BCUT2D eigenvalue weighted by Crippen LogP contribution is -2.63. The standard InChI is InChI=1S/C51H70ClN7O10/c1-31-16-15-19-41(66-10)51(65)29-40(67-49(64)55-51)33(3)47-50(5,69-47)42(28-45(62)58(9)39-26-35(24-31)25-32(2)46(39)52)68-48(63)34(4)57(8)44(61)20-13-14-22-54-43(60)21-23-59-37(30-56(7)53-6)27-36-17-11-12-18-38(36)59/h11-12,15-19,25-27,33-34,40-42,47,53,65H,13-14,20-24,28-30H2,1-10H3,(H,54,60)(H,55,64)/b19-15+,31-16+/t33-,34+,40+,41-,42+,47?,50+,51-/m1/s1. The topological polar surface area (TPSA) is 197 Å². The highest BCUT2D eigenvalue weighted by Crippen LogP contribution is 2.49. The predicted octanol–water partition coefficient (Wildman–Crippen LogP) is 5.71. The van der Waals surface area contributed by atoms with Crippen LogP contribution in [0.15, 0.2) is 66.3 Å². The van der Waals surface area contributed by atoms with Crippen molar-refractivity contribution in [3.63, 3.8) is 0 Å². The highest BCUT2D eigenvalue weighted by atomic mass is 35.5. The summed E-state index contributed by atoms with van der Waals surface area (Å²) in [7, 11) is 8.40.